The van der Waals surface area contributed by atoms with E-state index < -0.39 is 19.1 Å². The lowest BCUT2D eigenvalue weighted by Crippen LogP contribution is -2.32. The minimum Gasteiger partial charge on any atom is -0.448 e. The van der Waals surface area contributed by atoms with Gasteiger partial charge in [0.15, 0.2) is 0 Å². The second-order valence-corrected chi connectivity index (χ2v) is 4.24. The van der Waals surface area contributed by atoms with Gasteiger partial charge < -0.3 is 17.5 Å². The average molecular weight is 257 g/mol. The molecule has 98 valence electrons. The summed E-state index contributed by atoms with van der Waals surface area (Å²) in [5, 5.41) is 0. The number of hydrogen-bond donors (Lipinski definition) is 0. The van der Waals surface area contributed by atoms with Crippen molar-refractivity contribution in [2.24, 2.45) is 0 Å². The van der Waals surface area contributed by atoms with Crippen molar-refractivity contribution in [2.75, 3.05) is 0 Å². The van der Waals surface area contributed by atoms with E-state index in [1.807, 2.05) is 6.92 Å². The zero-order chi connectivity index (χ0) is 13.3. The molecule has 0 spiro atoms. The number of aryl methyl sites for hydroxylation is 1. The van der Waals surface area contributed by atoms with Gasteiger partial charge in [-0.1, -0.05) is 19.1 Å². The third-order valence-corrected chi connectivity index (χ3v) is 2.76. The molecule has 2 rings (SSSR count). The minimum absolute atomic E-state index is 0.343. The summed E-state index contributed by atoms with van der Waals surface area (Å²) >= 11 is 0. The summed E-state index contributed by atoms with van der Waals surface area (Å²) in [6.07, 6.45) is -0.485. The second kappa shape index (κ2) is 4.55. The number of fused-ring (bicyclic) bond motifs is 1. The highest BCUT2D eigenvalue weighted by atomic mass is 19.4. The highest BCUT2D eigenvalue weighted by Crippen LogP contribution is 2.17. The maximum absolute atomic E-state index is 12.5. The Morgan fingerprint density at radius 2 is 1.67 bits per heavy atom. The Hall–Kier alpha value is -1.66. The van der Waals surface area contributed by atoms with Gasteiger partial charge in [-0.3, -0.25) is 4.57 Å². The number of aromatic nitrogens is 2. The summed E-state index contributed by atoms with van der Waals surface area (Å²) in [5.41, 5.74) is 0.316. The molecular formula is C11H13BF3N2O-. The third kappa shape index (κ3) is 2.30. The maximum Gasteiger partial charge on any atom is 0.497 e. The molecule has 0 aliphatic rings. The molecule has 0 saturated heterocycles. The Morgan fingerprint density at radius 3 is 2.17 bits per heavy atom. The van der Waals surface area contributed by atoms with Gasteiger partial charge >= 0.3 is 12.7 Å². The molecule has 7 heteroatoms. The number of halogens is 3. The molecule has 0 N–H and O–H groups in total. The van der Waals surface area contributed by atoms with E-state index in [9.17, 15) is 17.7 Å². The molecule has 0 radical (unpaired) electrons. The molecule has 0 saturated carbocycles. The van der Waals surface area contributed by atoms with Crippen LogP contribution < -0.4 is 5.69 Å². The number of imidazole rings is 1. The third-order valence-electron chi connectivity index (χ3n) is 2.76. The van der Waals surface area contributed by atoms with Crippen LogP contribution in [-0.4, -0.2) is 16.1 Å². The Balaban J connectivity index is 2.66. The van der Waals surface area contributed by atoms with Gasteiger partial charge in [0.05, 0.1) is 11.0 Å². The van der Waals surface area contributed by atoms with E-state index in [0.29, 0.717) is 24.0 Å². The number of para-hydroxylation sites is 2. The Labute approximate surface area is 102 Å². The monoisotopic (exact) mass is 257 g/mol. The van der Waals surface area contributed by atoms with E-state index in [-0.39, 0.29) is 0 Å². The Kier molecular flexibility index (Phi) is 3.23. The van der Waals surface area contributed by atoms with Gasteiger partial charge in [-0.25, -0.2) is 4.79 Å². The van der Waals surface area contributed by atoms with Crippen molar-refractivity contribution >= 4 is 18.0 Å². The normalized spacial score (nSPS) is 12.2. The van der Waals surface area contributed by atoms with Crippen LogP contribution in [0.4, 0.5) is 12.9 Å². The second-order valence-electron chi connectivity index (χ2n) is 4.24. The molecule has 0 aliphatic carbocycles. The predicted molar refractivity (Wildman–Crippen MR) is 65.6 cm³/mol. The van der Waals surface area contributed by atoms with Crippen LogP contribution in [0.5, 0.6) is 0 Å². The lowest BCUT2D eigenvalue weighted by atomic mass is 9.92. The number of nitrogens with zero attached hydrogens (tertiary/aromatic N) is 2. The van der Waals surface area contributed by atoms with E-state index in [1.165, 1.54) is 4.57 Å². The van der Waals surface area contributed by atoms with Crippen molar-refractivity contribution in [1.29, 1.82) is 0 Å². The molecule has 0 amide bonds. The van der Waals surface area contributed by atoms with Crippen molar-refractivity contribution in [1.82, 2.24) is 9.13 Å². The SMILES string of the molecule is CCCn1c(=O)n(C[B-](F)(F)F)c2ccccc21. The largest absolute Gasteiger partial charge is 0.497 e. The Morgan fingerprint density at radius 1 is 1.11 bits per heavy atom. The van der Waals surface area contributed by atoms with Crippen molar-refractivity contribution in [2.45, 2.75) is 26.3 Å². The lowest BCUT2D eigenvalue weighted by molar-refractivity contribution is 0.443. The van der Waals surface area contributed by atoms with E-state index >= 15 is 0 Å². The topological polar surface area (TPSA) is 26.9 Å². The zero-order valence-corrected chi connectivity index (χ0v) is 9.94. The highest BCUT2D eigenvalue weighted by molar-refractivity contribution is 6.57. The van der Waals surface area contributed by atoms with Crippen molar-refractivity contribution in [3.05, 3.63) is 34.7 Å². The Bertz CT molecular complexity index is 615. The summed E-state index contributed by atoms with van der Waals surface area (Å²) in [4.78, 5) is 12.0. The summed E-state index contributed by atoms with van der Waals surface area (Å²) in [6.45, 7) is -2.72. The van der Waals surface area contributed by atoms with Crippen molar-refractivity contribution < 1.29 is 12.9 Å². The highest BCUT2D eigenvalue weighted by Gasteiger charge is 2.26. The van der Waals surface area contributed by atoms with Gasteiger partial charge in [-0.15, -0.1) is 0 Å². The summed E-state index contributed by atoms with van der Waals surface area (Å²) in [6, 6.07) is 6.58. The molecule has 0 unspecified atom stereocenters. The van der Waals surface area contributed by atoms with Crippen LogP contribution >= 0.6 is 0 Å². The molecule has 1 heterocycles. The average Bonchev–Trinajstić information content (AvgIpc) is 2.54. The van der Waals surface area contributed by atoms with Crippen LogP contribution in [0.15, 0.2) is 29.1 Å². The molecule has 0 fully saturated rings. The summed E-state index contributed by atoms with van der Waals surface area (Å²) < 4.78 is 39.8. The fourth-order valence-electron chi connectivity index (χ4n) is 2.10. The molecule has 0 bridgehead atoms. The first-order valence-corrected chi connectivity index (χ1v) is 5.83. The zero-order valence-electron chi connectivity index (χ0n) is 9.94. The first-order chi connectivity index (χ1) is 8.44. The van der Waals surface area contributed by atoms with E-state index in [1.54, 1.807) is 24.3 Å². The first-order valence-electron chi connectivity index (χ1n) is 5.83. The quantitative estimate of drug-likeness (QED) is 0.773. The fourth-order valence-corrected chi connectivity index (χ4v) is 2.10. The fraction of sp³-hybridized carbons (Fsp3) is 0.364. The van der Waals surface area contributed by atoms with Crippen LogP contribution in [0.2, 0.25) is 0 Å². The number of rotatable bonds is 4. The lowest BCUT2D eigenvalue weighted by Gasteiger charge is -2.14. The summed E-state index contributed by atoms with van der Waals surface area (Å²) in [7, 11) is 0. The minimum atomic E-state index is -5.03. The van der Waals surface area contributed by atoms with Crippen LogP contribution in [-0.2, 0) is 13.0 Å². The molecule has 2 aromatic rings. The summed E-state index contributed by atoms with van der Waals surface area (Å²) in [5.74, 6) is 0. The molecule has 0 atom stereocenters. The standard InChI is InChI=1S/C11H13BF3N2O/c1-2-7-16-9-5-3-4-6-10(9)17(11(16)18)8-12(13,14)15/h3-6H,2,7-8H2,1H3/q-1. The van der Waals surface area contributed by atoms with Crippen LogP contribution in [0.3, 0.4) is 0 Å². The van der Waals surface area contributed by atoms with Crippen LogP contribution in [0.1, 0.15) is 13.3 Å². The maximum atomic E-state index is 12.5. The van der Waals surface area contributed by atoms with Gasteiger partial charge in [0.25, 0.3) is 0 Å². The van der Waals surface area contributed by atoms with Crippen LogP contribution in [0.25, 0.3) is 11.0 Å². The molecule has 1 aromatic heterocycles. The molecule has 18 heavy (non-hydrogen) atoms. The smallest absolute Gasteiger partial charge is 0.448 e. The van der Waals surface area contributed by atoms with E-state index in [4.69, 9.17) is 0 Å². The van der Waals surface area contributed by atoms with Gasteiger partial charge in [0.2, 0.25) is 0 Å². The molecular weight excluding hydrogens is 244 g/mol. The van der Waals surface area contributed by atoms with Crippen molar-refractivity contribution in [3.63, 3.8) is 0 Å². The molecule has 1 aromatic carbocycles. The van der Waals surface area contributed by atoms with E-state index in [0.717, 1.165) is 4.57 Å². The number of benzene rings is 1. The molecule has 3 nitrogen and oxygen atoms in total. The van der Waals surface area contributed by atoms with Gasteiger partial charge in [-0.2, -0.15) is 0 Å². The molecule has 0 aliphatic heterocycles. The van der Waals surface area contributed by atoms with Gasteiger partial charge in [0.1, 0.15) is 0 Å². The van der Waals surface area contributed by atoms with Crippen LogP contribution in [0, 0.1) is 0 Å². The first kappa shape index (κ1) is 12.8. The van der Waals surface area contributed by atoms with Gasteiger partial charge in [0, 0.05) is 6.54 Å². The van der Waals surface area contributed by atoms with E-state index in [2.05, 4.69) is 0 Å². The van der Waals surface area contributed by atoms with Crippen molar-refractivity contribution in [3.8, 4) is 0 Å². The predicted octanol–water partition coefficient (Wildman–Crippen LogP) is 2.60. The van der Waals surface area contributed by atoms with Gasteiger partial charge in [-0.05, 0) is 25.0 Å². The number of hydrogen-bond acceptors (Lipinski definition) is 1.